The standard InChI is InChI=1S/C14H24O6/c1-6-9(3)18-13(16)8-12(20-11(5)15)14(17)19-10(4)7-2/h9-10,12H,6-8H2,1-5H3/t9?,10?,12-/m1/s1. The Bertz CT molecular complexity index is 339. The second-order valence-electron chi connectivity index (χ2n) is 4.67. The third-order valence-electron chi connectivity index (χ3n) is 2.72. The highest BCUT2D eigenvalue weighted by atomic mass is 16.6. The maximum Gasteiger partial charge on any atom is 0.348 e. The molecule has 0 aromatic heterocycles. The Balaban J connectivity index is 4.59. The first-order valence-electron chi connectivity index (χ1n) is 6.87. The predicted octanol–water partition coefficient (Wildman–Crippen LogP) is 1.99. The van der Waals surface area contributed by atoms with Crippen LogP contribution in [0.1, 0.15) is 53.9 Å². The molecule has 2 unspecified atom stereocenters. The first-order valence-corrected chi connectivity index (χ1v) is 6.87. The summed E-state index contributed by atoms with van der Waals surface area (Å²) in [4.78, 5) is 34.5. The summed E-state index contributed by atoms with van der Waals surface area (Å²) in [6, 6.07) is 0. The van der Waals surface area contributed by atoms with E-state index in [4.69, 9.17) is 14.2 Å². The number of hydrogen-bond acceptors (Lipinski definition) is 6. The Hall–Kier alpha value is -1.59. The van der Waals surface area contributed by atoms with Crippen molar-refractivity contribution in [3.63, 3.8) is 0 Å². The highest BCUT2D eigenvalue weighted by Gasteiger charge is 2.28. The zero-order valence-electron chi connectivity index (χ0n) is 12.8. The van der Waals surface area contributed by atoms with E-state index in [-0.39, 0.29) is 18.6 Å². The molecule has 0 saturated heterocycles. The van der Waals surface area contributed by atoms with E-state index < -0.39 is 24.0 Å². The molecular weight excluding hydrogens is 264 g/mol. The molecule has 20 heavy (non-hydrogen) atoms. The Morgan fingerprint density at radius 3 is 1.85 bits per heavy atom. The summed E-state index contributed by atoms with van der Waals surface area (Å²) in [6.07, 6.45) is -0.827. The normalized spacial score (nSPS) is 14.8. The molecule has 116 valence electrons. The van der Waals surface area contributed by atoms with Gasteiger partial charge in [-0.15, -0.1) is 0 Å². The second kappa shape index (κ2) is 9.34. The van der Waals surface area contributed by atoms with Gasteiger partial charge in [-0.1, -0.05) is 13.8 Å². The van der Waals surface area contributed by atoms with Gasteiger partial charge in [-0.2, -0.15) is 0 Å². The third kappa shape index (κ3) is 7.76. The third-order valence-corrected chi connectivity index (χ3v) is 2.72. The lowest BCUT2D eigenvalue weighted by Gasteiger charge is -2.19. The Kier molecular flexibility index (Phi) is 8.59. The molecule has 0 aliphatic rings. The molecule has 0 aromatic carbocycles. The first-order chi connectivity index (χ1) is 9.29. The van der Waals surface area contributed by atoms with E-state index in [2.05, 4.69) is 0 Å². The molecule has 3 atom stereocenters. The molecule has 0 heterocycles. The fourth-order valence-corrected chi connectivity index (χ4v) is 1.24. The average molecular weight is 288 g/mol. The van der Waals surface area contributed by atoms with Crippen molar-refractivity contribution in [3.05, 3.63) is 0 Å². The highest BCUT2D eigenvalue weighted by molar-refractivity contribution is 5.84. The van der Waals surface area contributed by atoms with Gasteiger partial charge < -0.3 is 14.2 Å². The summed E-state index contributed by atoms with van der Waals surface area (Å²) in [5.74, 6) is -1.96. The summed E-state index contributed by atoms with van der Waals surface area (Å²) in [6.45, 7) is 8.37. The van der Waals surface area contributed by atoms with Crippen LogP contribution in [0.5, 0.6) is 0 Å². The van der Waals surface area contributed by atoms with Crippen LogP contribution in [-0.4, -0.2) is 36.2 Å². The maximum absolute atomic E-state index is 11.8. The van der Waals surface area contributed by atoms with E-state index in [9.17, 15) is 14.4 Å². The van der Waals surface area contributed by atoms with Gasteiger partial charge in [-0.25, -0.2) is 4.79 Å². The van der Waals surface area contributed by atoms with Gasteiger partial charge in [0.15, 0.2) is 0 Å². The molecule has 0 N–H and O–H groups in total. The van der Waals surface area contributed by atoms with Gasteiger partial charge in [0.2, 0.25) is 6.10 Å². The van der Waals surface area contributed by atoms with Crippen molar-refractivity contribution < 1.29 is 28.6 Å². The van der Waals surface area contributed by atoms with Gasteiger partial charge in [-0.05, 0) is 26.7 Å². The van der Waals surface area contributed by atoms with E-state index >= 15 is 0 Å². The molecule has 0 fully saturated rings. The summed E-state index contributed by atoms with van der Waals surface area (Å²) in [5, 5.41) is 0. The lowest BCUT2D eigenvalue weighted by molar-refractivity contribution is -0.174. The first kappa shape index (κ1) is 18.4. The lowest BCUT2D eigenvalue weighted by Crippen LogP contribution is -2.34. The number of ether oxygens (including phenoxy) is 3. The molecule has 0 radical (unpaired) electrons. The average Bonchev–Trinajstić information content (AvgIpc) is 2.36. The van der Waals surface area contributed by atoms with Gasteiger partial charge in [0.25, 0.3) is 0 Å². The van der Waals surface area contributed by atoms with E-state index in [0.717, 1.165) is 0 Å². The SMILES string of the molecule is CCC(C)OC(=O)C[C@@H](OC(C)=O)C(=O)OC(C)CC. The number of carbonyl (C=O) groups excluding carboxylic acids is 3. The van der Waals surface area contributed by atoms with Crippen LogP contribution in [0.4, 0.5) is 0 Å². The minimum Gasteiger partial charge on any atom is -0.463 e. The van der Waals surface area contributed by atoms with Crippen molar-refractivity contribution in [1.82, 2.24) is 0 Å². The predicted molar refractivity (Wildman–Crippen MR) is 71.9 cm³/mol. The van der Waals surface area contributed by atoms with Crippen LogP contribution in [0, 0.1) is 0 Å². The molecule has 0 amide bonds. The van der Waals surface area contributed by atoms with Gasteiger partial charge in [0, 0.05) is 6.92 Å². The second-order valence-corrected chi connectivity index (χ2v) is 4.67. The monoisotopic (exact) mass is 288 g/mol. The van der Waals surface area contributed by atoms with Crippen LogP contribution in [0.15, 0.2) is 0 Å². The van der Waals surface area contributed by atoms with E-state index in [1.165, 1.54) is 6.92 Å². The minimum absolute atomic E-state index is 0.244. The molecule has 6 nitrogen and oxygen atoms in total. The summed E-state index contributed by atoms with van der Waals surface area (Å²) < 4.78 is 15.0. The fraction of sp³-hybridized carbons (Fsp3) is 0.786. The topological polar surface area (TPSA) is 78.9 Å². The van der Waals surface area contributed by atoms with Crippen molar-refractivity contribution in [2.45, 2.75) is 72.2 Å². The van der Waals surface area contributed by atoms with Crippen LogP contribution < -0.4 is 0 Å². The lowest BCUT2D eigenvalue weighted by atomic mass is 10.2. The quantitative estimate of drug-likeness (QED) is 0.502. The molecule has 6 heteroatoms. The Labute approximate surface area is 119 Å². The zero-order valence-corrected chi connectivity index (χ0v) is 12.8. The maximum atomic E-state index is 11.8. The van der Waals surface area contributed by atoms with E-state index in [1.54, 1.807) is 13.8 Å². The van der Waals surface area contributed by atoms with Gasteiger partial charge >= 0.3 is 17.9 Å². The van der Waals surface area contributed by atoms with Crippen molar-refractivity contribution >= 4 is 17.9 Å². The molecule has 0 aromatic rings. The molecule has 0 bridgehead atoms. The summed E-state index contributed by atoms with van der Waals surface area (Å²) in [7, 11) is 0. The van der Waals surface area contributed by atoms with Gasteiger partial charge in [0.05, 0.1) is 18.6 Å². The summed E-state index contributed by atoms with van der Waals surface area (Å²) in [5.41, 5.74) is 0. The van der Waals surface area contributed by atoms with Crippen molar-refractivity contribution in [2.24, 2.45) is 0 Å². The van der Waals surface area contributed by atoms with Crippen LogP contribution >= 0.6 is 0 Å². The van der Waals surface area contributed by atoms with E-state index in [1.807, 2.05) is 13.8 Å². The number of esters is 3. The number of carbonyl (C=O) groups is 3. The van der Waals surface area contributed by atoms with Gasteiger partial charge in [0.1, 0.15) is 0 Å². The van der Waals surface area contributed by atoms with Crippen LogP contribution in [0.2, 0.25) is 0 Å². The highest BCUT2D eigenvalue weighted by Crippen LogP contribution is 2.09. The zero-order chi connectivity index (χ0) is 15.7. The smallest absolute Gasteiger partial charge is 0.348 e. The minimum atomic E-state index is -1.25. The van der Waals surface area contributed by atoms with Crippen LogP contribution in [0.25, 0.3) is 0 Å². The fourth-order valence-electron chi connectivity index (χ4n) is 1.24. The number of hydrogen-bond donors (Lipinski definition) is 0. The van der Waals surface area contributed by atoms with Gasteiger partial charge in [-0.3, -0.25) is 9.59 Å². The molecular formula is C14H24O6. The molecule has 0 aliphatic carbocycles. The molecule has 0 spiro atoms. The Morgan fingerprint density at radius 1 is 0.900 bits per heavy atom. The number of rotatable bonds is 8. The molecule has 0 rings (SSSR count). The van der Waals surface area contributed by atoms with Crippen LogP contribution in [-0.2, 0) is 28.6 Å². The molecule has 0 saturated carbocycles. The largest absolute Gasteiger partial charge is 0.463 e. The molecule has 0 aliphatic heterocycles. The van der Waals surface area contributed by atoms with Crippen molar-refractivity contribution in [1.29, 1.82) is 0 Å². The van der Waals surface area contributed by atoms with Crippen molar-refractivity contribution in [2.75, 3.05) is 0 Å². The Morgan fingerprint density at radius 2 is 1.40 bits per heavy atom. The van der Waals surface area contributed by atoms with Crippen molar-refractivity contribution in [3.8, 4) is 0 Å². The van der Waals surface area contributed by atoms with Crippen LogP contribution in [0.3, 0.4) is 0 Å². The van der Waals surface area contributed by atoms with E-state index in [0.29, 0.717) is 12.8 Å². The summed E-state index contributed by atoms with van der Waals surface area (Å²) >= 11 is 0.